The molecule has 1 heterocycles. The molecule has 1 fully saturated rings. The van der Waals surface area contributed by atoms with Gasteiger partial charge in [-0.15, -0.1) is 0 Å². The SMILES string of the molecule is N#Cc1cccc(N2CCS(=O)(=O)CC2)c1N. The number of benzene rings is 1. The Morgan fingerprint density at radius 3 is 2.53 bits per heavy atom. The summed E-state index contributed by atoms with van der Waals surface area (Å²) < 4.78 is 22.7. The highest BCUT2D eigenvalue weighted by molar-refractivity contribution is 7.91. The van der Waals surface area contributed by atoms with Crippen molar-refractivity contribution < 1.29 is 8.42 Å². The lowest BCUT2D eigenvalue weighted by atomic mass is 10.1. The van der Waals surface area contributed by atoms with Crippen LogP contribution in [0.25, 0.3) is 0 Å². The zero-order valence-electron chi connectivity index (χ0n) is 9.26. The fraction of sp³-hybridized carbons (Fsp3) is 0.364. The van der Waals surface area contributed by atoms with Crippen LogP contribution in [0.1, 0.15) is 5.56 Å². The molecule has 1 aromatic rings. The van der Waals surface area contributed by atoms with Crippen molar-refractivity contribution in [3.05, 3.63) is 23.8 Å². The lowest BCUT2D eigenvalue weighted by Gasteiger charge is -2.29. The third kappa shape index (κ3) is 2.34. The molecule has 2 rings (SSSR count). The standard InChI is InChI=1S/C11H13N3O2S/c12-8-9-2-1-3-10(11(9)13)14-4-6-17(15,16)7-5-14/h1-3H,4-7,13H2. The highest BCUT2D eigenvalue weighted by Crippen LogP contribution is 2.27. The average Bonchev–Trinajstić information content (AvgIpc) is 2.30. The number of hydrogen-bond acceptors (Lipinski definition) is 5. The summed E-state index contributed by atoms with van der Waals surface area (Å²) in [7, 11) is -2.90. The van der Waals surface area contributed by atoms with E-state index in [1.165, 1.54) is 0 Å². The summed E-state index contributed by atoms with van der Waals surface area (Å²) in [6, 6.07) is 7.24. The van der Waals surface area contributed by atoms with Gasteiger partial charge in [-0.05, 0) is 12.1 Å². The summed E-state index contributed by atoms with van der Waals surface area (Å²) in [5, 5.41) is 8.88. The first-order valence-electron chi connectivity index (χ1n) is 5.27. The van der Waals surface area contributed by atoms with E-state index in [2.05, 4.69) is 0 Å². The predicted octanol–water partition coefficient (Wildman–Crippen LogP) is 0.375. The molecule has 17 heavy (non-hydrogen) atoms. The van der Waals surface area contributed by atoms with E-state index in [1.54, 1.807) is 12.1 Å². The lowest BCUT2D eigenvalue weighted by molar-refractivity contribution is 0.587. The second-order valence-electron chi connectivity index (χ2n) is 3.99. The van der Waals surface area contributed by atoms with Crippen LogP contribution >= 0.6 is 0 Å². The van der Waals surface area contributed by atoms with Crippen LogP contribution in [0.2, 0.25) is 0 Å². The van der Waals surface area contributed by atoms with Crippen molar-refractivity contribution in [3.8, 4) is 6.07 Å². The predicted molar refractivity (Wildman–Crippen MR) is 66.4 cm³/mol. The maximum absolute atomic E-state index is 11.3. The van der Waals surface area contributed by atoms with E-state index >= 15 is 0 Å². The van der Waals surface area contributed by atoms with Crippen LogP contribution in [-0.2, 0) is 9.84 Å². The number of nitrogens with two attached hydrogens (primary N) is 1. The van der Waals surface area contributed by atoms with Crippen molar-refractivity contribution in [1.82, 2.24) is 0 Å². The third-order valence-electron chi connectivity index (χ3n) is 2.89. The first-order valence-corrected chi connectivity index (χ1v) is 7.09. The molecule has 1 aliphatic rings. The maximum atomic E-state index is 11.3. The molecular weight excluding hydrogens is 238 g/mol. The Bertz CT molecular complexity index is 561. The molecule has 2 N–H and O–H groups in total. The summed E-state index contributed by atoms with van der Waals surface area (Å²) in [4.78, 5) is 1.91. The number of nitrogen functional groups attached to an aromatic ring is 1. The van der Waals surface area contributed by atoms with Gasteiger partial charge in [0.15, 0.2) is 9.84 Å². The topological polar surface area (TPSA) is 87.2 Å². The Morgan fingerprint density at radius 1 is 1.29 bits per heavy atom. The molecule has 0 unspecified atom stereocenters. The van der Waals surface area contributed by atoms with Crippen LogP contribution in [0.5, 0.6) is 0 Å². The summed E-state index contributed by atoms with van der Waals surface area (Å²) in [6.07, 6.45) is 0. The van der Waals surface area contributed by atoms with E-state index in [9.17, 15) is 8.42 Å². The third-order valence-corrected chi connectivity index (χ3v) is 4.50. The van der Waals surface area contributed by atoms with Gasteiger partial charge >= 0.3 is 0 Å². The fourth-order valence-electron chi connectivity index (χ4n) is 1.88. The molecule has 5 nitrogen and oxygen atoms in total. The largest absolute Gasteiger partial charge is 0.396 e. The highest BCUT2D eigenvalue weighted by atomic mass is 32.2. The summed E-state index contributed by atoms with van der Waals surface area (Å²) in [5.41, 5.74) is 7.48. The normalized spacial score (nSPS) is 18.6. The number of para-hydroxylation sites is 1. The van der Waals surface area contributed by atoms with E-state index in [0.717, 1.165) is 5.69 Å². The monoisotopic (exact) mass is 251 g/mol. The van der Waals surface area contributed by atoms with Crippen LogP contribution in [0.4, 0.5) is 11.4 Å². The first-order chi connectivity index (χ1) is 8.03. The van der Waals surface area contributed by atoms with Gasteiger partial charge in [0.2, 0.25) is 0 Å². The van der Waals surface area contributed by atoms with Gasteiger partial charge in [0, 0.05) is 13.1 Å². The van der Waals surface area contributed by atoms with Gasteiger partial charge in [-0.25, -0.2) is 8.42 Å². The van der Waals surface area contributed by atoms with Gasteiger partial charge in [0.25, 0.3) is 0 Å². The Hall–Kier alpha value is -1.74. The molecule has 0 aliphatic carbocycles. The van der Waals surface area contributed by atoms with Crippen molar-refractivity contribution in [2.24, 2.45) is 0 Å². The molecule has 0 bridgehead atoms. The Morgan fingerprint density at radius 2 is 1.94 bits per heavy atom. The Labute approximate surface area is 100 Å². The summed E-state index contributed by atoms with van der Waals surface area (Å²) in [6.45, 7) is 0.864. The molecule has 0 amide bonds. The van der Waals surface area contributed by atoms with Gasteiger partial charge in [-0.2, -0.15) is 5.26 Å². The number of nitrogens with zero attached hydrogens (tertiary/aromatic N) is 2. The van der Waals surface area contributed by atoms with Crippen molar-refractivity contribution in [2.45, 2.75) is 0 Å². The van der Waals surface area contributed by atoms with Crippen LogP contribution in [0, 0.1) is 11.3 Å². The zero-order valence-corrected chi connectivity index (χ0v) is 10.1. The molecule has 0 spiro atoms. The second-order valence-corrected chi connectivity index (χ2v) is 6.29. The van der Waals surface area contributed by atoms with Crippen LogP contribution < -0.4 is 10.6 Å². The molecule has 0 radical (unpaired) electrons. The minimum absolute atomic E-state index is 0.142. The van der Waals surface area contributed by atoms with Crippen LogP contribution in [0.3, 0.4) is 0 Å². The van der Waals surface area contributed by atoms with Crippen molar-refractivity contribution in [1.29, 1.82) is 5.26 Å². The van der Waals surface area contributed by atoms with Crippen molar-refractivity contribution >= 4 is 21.2 Å². The van der Waals surface area contributed by atoms with E-state index in [0.29, 0.717) is 24.3 Å². The van der Waals surface area contributed by atoms with E-state index in [-0.39, 0.29) is 11.5 Å². The van der Waals surface area contributed by atoms with Gasteiger partial charge in [-0.1, -0.05) is 6.07 Å². The molecule has 0 aromatic heterocycles. The number of sulfone groups is 1. The van der Waals surface area contributed by atoms with Crippen molar-refractivity contribution in [2.75, 3.05) is 35.2 Å². The zero-order chi connectivity index (χ0) is 12.5. The van der Waals surface area contributed by atoms with Crippen LogP contribution in [0.15, 0.2) is 18.2 Å². The summed E-state index contributed by atoms with van der Waals surface area (Å²) >= 11 is 0. The van der Waals surface area contributed by atoms with E-state index in [1.807, 2.05) is 17.0 Å². The van der Waals surface area contributed by atoms with E-state index < -0.39 is 9.84 Å². The minimum atomic E-state index is -2.90. The molecule has 1 aromatic carbocycles. The minimum Gasteiger partial charge on any atom is -0.396 e. The highest BCUT2D eigenvalue weighted by Gasteiger charge is 2.23. The maximum Gasteiger partial charge on any atom is 0.153 e. The molecule has 90 valence electrons. The molecular formula is C11H13N3O2S. The smallest absolute Gasteiger partial charge is 0.153 e. The number of nitriles is 1. The summed E-state index contributed by atoms with van der Waals surface area (Å²) in [5.74, 6) is 0.284. The second kappa shape index (κ2) is 4.26. The van der Waals surface area contributed by atoms with Crippen LogP contribution in [-0.4, -0.2) is 33.0 Å². The first kappa shape index (κ1) is 11.7. The lowest BCUT2D eigenvalue weighted by Crippen LogP contribution is -2.40. The van der Waals surface area contributed by atoms with Gasteiger partial charge in [0.1, 0.15) is 6.07 Å². The van der Waals surface area contributed by atoms with Gasteiger partial charge in [0.05, 0.1) is 28.4 Å². The van der Waals surface area contributed by atoms with Gasteiger partial charge < -0.3 is 10.6 Å². The number of hydrogen-bond donors (Lipinski definition) is 1. The molecule has 6 heteroatoms. The van der Waals surface area contributed by atoms with Crippen molar-refractivity contribution in [3.63, 3.8) is 0 Å². The fourth-order valence-corrected chi connectivity index (χ4v) is 3.08. The average molecular weight is 251 g/mol. The Balaban J connectivity index is 2.28. The molecule has 0 saturated carbocycles. The van der Waals surface area contributed by atoms with Gasteiger partial charge in [-0.3, -0.25) is 0 Å². The Kier molecular flexibility index (Phi) is 2.94. The quantitative estimate of drug-likeness (QED) is 0.729. The molecule has 0 atom stereocenters. The van der Waals surface area contributed by atoms with E-state index in [4.69, 9.17) is 11.0 Å². The molecule has 1 saturated heterocycles. The number of anilines is 2. The molecule has 1 aliphatic heterocycles. The number of rotatable bonds is 1.